The van der Waals surface area contributed by atoms with Crippen molar-refractivity contribution in [3.63, 3.8) is 0 Å². The first-order valence-corrected chi connectivity index (χ1v) is 5.32. The Morgan fingerprint density at radius 2 is 2.25 bits per heavy atom. The molecule has 16 heavy (non-hydrogen) atoms. The lowest BCUT2D eigenvalue weighted by molar-refractivity contribution is 0.0938. The van der Waals surface area contributed by atoms with E-state index < -0.39 is 0 Å². The number of amides is 1. The van der Waals surface area contributed by atoms with Gasteiger partial charge in [-0.3, -0.25) is 4.79 Å². The summed E-state index contributed by atoms with van der Waals surface area (Å²) in [5, 5.41) is 2.82. The first-order chi connectivity index (χ1) is 7.56. The molecule has 0 saturated carbocycles. The number of fused-ring (bicyclic) bond motifs is 1. The lowest BCUT2D eigenvalue weighted by atomic mass is 10.3. The molecule has 1 N–H and O–H groups in total. The third kappa shape index (κ3) is 2.05. The van der Waals surface area contributed by atoms with Crippen molar-refractivity contribution < 1.29 is 4.79 Å². The van der Waals surface area contributed by atoms with E-state index in [-0.39, 0.29) is 11.9 Å². The number of hydrogen-bond donors (Lipinski definition) is 1. The van der Waals surface area contributed by atoms with Crippen molar-refractivity contribution in [2.75, 3.05) is 0 Å². The number of aryl methyl sites for hydroxylation is 1. The minimum absolute atomic E-state index is 0.124. The maximum Gasteiger partial charge on any atom is 0.271 e. The molecule has 4 heteroatoms. The van der Waals surface area contributed by atoms with E-state index in [1.165, 1.54) is 0 Å². The summed E-state index contributed by atoms with van der Waals surface area (Å²) in [5.74, 6) is -0.128. The third-order valence-electron chi connectivity index (χ3n) is 2.27. The molecule has 0 bridgehead atoms. The summed E-state index contributed by atoms with van der Waals surface area (Å²) in [5.41, 5.74) is 2.39. The first-order valence-electron chi connectivity index (χ1n) is 5.32. The van der Waals surface area contributed by atoms with Crippen LogP contribution in [0.3, 0.4) is 0 Å². The highest BCUT2D eigenvalue weighted by Crippen LogP contribution is 2.07. The summed E-state index contributed by atoms with van der Waals surface area (Å²) in [6, 6.07) is 4.06. The van der Waals surface area contributed by atoms with Crippen LogP contribution in [0.5, 0.6) is 0 Å². The van der Waals surface area contributed by atoms with Crippen molar-refractivity contribution in [3.8, 4) is 0 Å². The maximum atomic E-state index is 11.7. The average molecular weight is 217 g/mol. The number of carbonyl (C=O) groups excluding carboxylic acids is 1. The highest BCUT2D eigenvalue weighted by atomic mass is 16.1. The van der Waals surface area contributed by atoms with Crippen molar-refractivity contribution in [2.24, 2.45) is 0 Å². The molecule has 0 atom stereocenters. The SMILES string of the molecule is Cc1ccn2cc(C(=O)NC(C)C)nc2c1. The molecule has 4 nitrogen and oxygen atoms in total. The number of nitrogens with zero attached hydrogens (tertiary/aromatic N) is 2. The Hall–Kier alpha value is -1.84. The largest absolute Gasteiger partial charge is 0.348 e. The number of nitrogens with one attached hydrogen (secondary N) is 1. The van der Waals surface area contributed by atoms with Crippen LogP contribution >= 0.6 is 0 Å². The fourth-order valence-corrected chi connectivity index (χ4v) is 1.53. The summed E-state index contributed by atoms with van der Waals surface area (Å²) in [7, 11) is 0. The predicted octanol–water partition coefficient (Wildman–Crippen LogP) is 1.78. The van der Waals surface area contributed by atoms with Gasteiger partial charge in [0.2, 0.25) is 0 Å². The topological polar surface area (TPSA) is 46.4 Å². The molecular formula is C12H15N3O. The molecule has 0 aromatic carbocycles. The molecule has 0 spiro atoms. The average Bonchev–Trinajstić information content (AvgIpc) is 2.59. The van der Waals surface area contributed by atoms with Crippen molar-refractivity contribution in [1.82, 2.24) is 14.7 Å². The highest BCUT2D eigenvalue weighted by molar-refractivity contribution is 5.93. The quantitative estimate of drug-likeness (QED) is 0.833. The van der Waals surface area contributed by atoms with Crippen LogP contribution in [0.1, 0.15) is 29.9 Å². The van der Waals surface area contributed by atoms with Crippen LogP contribution in [-0.4, -0.2) is 21.3 Å². The molecule has 0 saturated heterocycles. The van der Waals surface area contributed by atoms with Crippen LogP contribution in [0.2, 0.25) is 0 Å². The monoisotopic (exact) mass is 217 g/mol. The van der Waals surface area contributed by atoms with Gasteiger partial charge < -0.3 is 9.72 Å². The summed E-state index contributed by atoms with van der Waals surface area (Å²) < 4.78 is 1.85. The van der Waals surface area contributed by atoms with Gasteiger partial charge in [0.25, 0.3) is 5.91 Å². The second-order valence-corrected chi connectivity index (χ2v) is 4.22. The van der Waals surface area contributed by atoms with Gasteiger partial charge in [-0.1, -0.05) is 0 Å². The van der Waals surface area contributed by atoms with Crippen molar-refractivity contribution in [3.05, 3.63) is 35.8 Å². The molecule has 2 aromatic heterocycles. The zero-order valence-electron chi connectivity index (χ0n) is 9.69. The second-order valence-electron chi connectivity index (χ2n) is 4.22. The van der Waals surface area contributed by atoms with E-state index >= 15 is 0 Å². The Bertz CT molecular complexity index is 528. The molecule has 0 radical (unpaired) electrons. The molecule has 1 amide bonds. The van der Waals surface area contributed by atoms with Crippen molar-refractivity contribution in [2.45, 2.75) is 26.8 Å². The van der Waals surface area contributed by atoms with Gasteiger partial charge in [-0.2, -0.15) is 0 Å². The van der Waals surface area contributed by atoms with E-state index in [0.717, 1.165) is 11.2 Å². The van der Waals surface area contributed by atoms with E-state index in [1.807, 2.05) is 43.5 Å². The Labute approximate surface area is 94.3 Å². The van der Waals surface area contributed by atoms with E-state index in [9.17, 15) is 4.79 Å². The fraction of sp³-hybridized carbons (Fsp3) is 0.333. The number of aromatic nitrogens is 2. The standard InChI is InChI=1S/C12H15N3O/c1-8(2)13-12(16)10-7-15-5-4-9(3)6-11(15)14-10/h4-8H,1-3H3,(H,13,16). The molecule has 0 fully saturated rings. The number of pyridine rings is 1. The number of imidazole rings is 1. The van der Waals surface area contributed by atoms with E-state index in [0.29, 0.717) is 5.69 Å². The first kappa shape index (κ1) is 10.7. The van der Waals surface area contributed by atoms with Gasteiger partial charge in [-0.15, -0.1) is 0 Å². The minimum Gasteiger partial charge on any atom is -0.348 e. The molecule has 0 aliphatic carbocycles. The number of hydrogen-bond acceptors (Lipinski definition) is 2. The van der Waals surface area contributed by atoms with Crippen LogP contribution in [-0.2, 0) is 0 Å². The van der Waals surface area contributed by atoms with E-state index in [2.05, 4.69) is 10.3 Å². The number of carbonyl (C=O) groups is 1. The fourth-order valence-electron chi connectivity index (χ4n) is 1.53. The third-order valence-corrected chi connectivity index (χ3v) is 2.27. The Kier molecular flexibility index (Phi) is 2.64. The normalized spacial score (nSPS) is 11.0. The lowest BCUT2D eigenvalue weighted by Gasteiger charge is -2.04. The van der Waals surface area contributed by atoms with Crippen LogP contribution < -0.4 is 5.32 Å². The van der Waals surface area contributed by atoms with Gasteiger partial charge in [-0.25, -0.2) is 4.98 Å². The zero-order valence-corrected chi connectivity index (χ0v) is 9.69. The van der Waals surface area contributed by atoms with Crippen LogP contribution in [0.15, 0.2) is 24.5 Å². The molecule has 2 rings (SSSR count). The molecule has 0 unspecified atom stereocenters. The van der Waals surface area contributed by atoms with Crippen LogP contribution in [0, 0.1) is 6.92 Å². The Morgan fingerprint density at radius 1 is 1.50 bits per heavy atom. The van der Waals surface area contributed by atoms with Crippen LogP contribution in [0.4, 0.5) is 0 Å². The van der Waals surface area contributed by atoms with E-state index in [1.54, 1.807) is 6.20 Å². The molecule has 0 aliphatic rings. The van der Waals surface area contributed by atoms with Gasteiger partial charge in [0.15, 0.2) is 0 Å². The molecular weight excluding hydrogens is 202 g/mol. The van der Waals surface area contributed by atoms with Crippen molar-refractivity contribution >= 4 is 11.6 Å². The van der Waals surface area contributed by atoms with Gasteiger partial charge in [0.1, 0.15) is 11.3 Å². The van der Waals surface area contributed by atoms with Gasteiger partial charge in [0.05, 0.1) is 0 Å². The number of rotatable bonds is 2. The summed E-state index contributed by atoms with van der Waals surface area (Å²) in [4.78, 5) is 16.0. The Balaban J connectivity index is 2.36. The van der Waals surface area contributed by atoms with E-state index in [4.69, 9.17) is 0 Å². The predicted molar refractivity (Wildman–Crippen MR) is 62.5 cm³/mol. The molecule has 84 valence electrons. The molecule has 2 aromatic rings. The molecule has 0 aliphatic heterocycles. The maximum absolute atomic E-state index is 11.7. The van der Waals surface area contributed by atoms with Crippen LogP contribution in [0.25, 0.3) is 5.65 Å². The van der Waals surface area contributed by atoms with Gasteiger partial charge in [-0.05, 0) is 38.5 Å². The minimum atomic E-state index is -0.128. The molecule has 2 heterocycles. The second kappa shape index (κ2) is 3.96. The smallest absolute Gasteiger partial charge is 0.271 e. The summed E-state index contributed by atoms with van der Waals surface area (Å²) in [6.45, 7) is 5.86. The van der Waals surface area contributed by atoms with Gasteiger partial charge >= 0.3 is 0 Å². The van der Waals surface area contributed by atoms with Gasteiger partial charge in [0, 0.05) is 18.4 Å². The zero-order chi connectivity index (χ0) is 11.7. The van der Waals surface area contributed by atoms with Crippen molar-refractivity contribution in [1.29, 1.82) is 0 Å². The Morgan fingerprint density at radius 3 is 2.94 bits per heavy atom. The summed E-state index contributed by atoms with van der Waals surface area (Å²) in [6.07, 6.45) is 3.65. The lowest BCUT2D eigenvalue weighted by Crippen LogP contribution is -2.30. The highest BCUT2D eigenvalue weighted by Gasteiger charge is 2.11. The summed E-state index contributed by atoms with van der Waals surface area (Å²) >= 11 is 0.